The Balaban J connectivity index is 1.47. The number of aryl methyl sites for hydroxylation is 1. The molecule has 4 heteroatoms. The first-order chi connectivity index (χ1) is 9.78. The van der Waals surface area contributed by atoms with E-state index in [0.29, 0.717) is 30.3 Å². The molecule has 3 atom stereocenters. The SMILES string of the molecule is COC1[C@@H]2CC[C@H]1CN(C(=O)CCCc1cccs1)C2. The van der Waals surface area contributed by atoms with Gasteiger partial charge in [0.1, 0.15) is 0 Å². The van der Waals surface area contributed by atoms with Crippen LogP contribution < -0.4 is 0 Å². The molecule has 3 nitrogen and oxygen atoms in total. The Bertz CT molecular complexity index is 431. The van der Waals surface area contributed by atoms with Gasteiger partial charge < -0.3 is 9.64 Å². The lowest BCUT2D eigenvalue weighted by molar-refractivity contribution is -0.136. The van der Waals surface area contributed by atoms with Gasteiger partial charge in [-0.25, -0.2) is 0 Å². The van der Waals surface area contributed by atoms with E-state index in [0.717, 1.165) is 25.9 Å². The second-order valence-corrected chi connectivity index (χ2v) is 7.06. The van der Waals surface area contributed by atoms with E-state index in [1.165, 1.54) is 17.7 Å². The van der Waals surface area contributed by atoms with Gasteiger partial charge >= 0.3 is 0 Å². The summed E-state index contributed by atoms with van der Waals surface area (Å²) < 4.78 is 5.60. The zero-order chi connectivity index (χ0) is 13.9. The zero-order valence-electron chi connectivity index (χ0n) is 12.1. The molecular formula is C16H23NO2S. The van der Waals surface area contributed by atoms with Gasteiger partial charge in [-0.2, -0.15) is 0 Å². The van der Waals surface area contributed by atoms with E-state index in [2.05, 4.69) is 22.4 Å². The number of hydrogen-bond donors (Lipinski definition) is 0. The van der Waals surface area contributed by atoms with Crippen LogP contribution in [0.1, 0.15) is 30.6 Å². The van der Waals surface area contributed by atoms with E-state index >= 15 is 0 Å². The predicted molar refractivity (Wildman–Crippen MR) is 80.8 cm³/mol. The van der Waals surface area contributed by atoms with Gasteiger partial charge in [-0.15, -0.1) is 11.3 Å². The molecule has 2 bridgehead atoms. The van der Waals surface area contributed by atoms with Crippen LogP contribution in [-0.4, -0.2) is 37.1 Å². The standard InChI is InChI=1S/C16H23NO2S/c1-19-16-12-7-8-13(16)11-17(10-12)15(18)6-2-4-14-5-3-9-20-14/h3,5,9,12-13,16H,2,4,6-8,10-11H2,1H3/t12-,13+,16?. The van der Waals surface area contributed by atoms with E-state index in [1.807, 2.05) is 7.11 Å². The minimum Gasteiger partial charge on any atom is -0.381 e. The normalized spacial score (nSPS) is 28.9. The summed E-state index contributed by atoms with van der Waals surface area (Å²) in [4.78, 5) is 15.8. The average molecular weight is 293 g/mol. The van der Waals surface area contributed by atoms with Gasteiger partial charge in [-0.3, -0.25) is 4.79 Å². The van der Waals surface area contributed by atoms with E-state index in [4.69, 9.17) is 4.74 Å². The third-order valence-corrected chi connectivity index (χ3v) is 5.70. The number of thiophene rings is 1. The number of ether oxygens (including phenoxy) is 1. The van der Waals surface area contributed by atoms with Crippen LogP contribution >= 0.6 is 11.3 Å². The van der Waals surface area contributed by atoms with E-state index < -0.39 is 0 Å². The third kappa shape index (κ3) is 2.91. The average Bonchev–Trinajstić information content (AvgIpc) is 3.04. The van der Waals surface area contributed by atoms with Gasteiger partial charge in [-0.1, -0.05) is 6.07 Å². The molecule has 2 heterocycles. The molecule has 1 amide bonds. The van der Waals surface area contributed by atoms with Crippen LogP contribution in [-0.2, 0) is 16.0 Å². The highest BCUT2D eigenvalue weighted by molar-refractivity contribution is 7.09. The van der Waals surface area contributed by atoms with Crippen LogP contribution in [0.3, 0.4) is 0 Å². The van der Waals surface area contributed by atoms with Crippen molar-refractivity contribution in [3.8, 4) is 0 Å². The Morgan fingerprint density at radius 1 is 1.40 bits per heavy atom. The number of amides is 1. The molecule has 20 heavy (non-hydrogen) atoms. The minimum atomic E-state index is 0.341. The number of nitrogens with zero attached hydrogens (tertiary/aromatic N) is 1. The molecule has 2 aliphatic rings. The van der Waals surface area contributed by atoms with E-state index in [1.54, 1.807) is 11.3 Å². The lowest BCUT2D eigenvalue weighted by atomic mass is 9.94. The fourth-order valence-electron chi connectivity index (χ4n) is 3.79. The fourth-order valence-corrected chi connectivity index (χ4v) is 4.54. The van der Waals surface area contributed by atoms with Crippen molar-refractivity contribution in [1.82, 2.24) is 4.90 Å². The Morgan fingerprint density at radius 3 is 2.75 bits per heavy atom. The van der Waals surface area contributed by atoms with Crippen LogP contribution in [0.25, 0.3) is 0 Å². The Labute approximate surface area is 124 Å². The molecular weight excluding hydrogens is 270 g/mol. The van der Waals surface area contributed by atoms with Crippen molar-refractivity contribution in [1.29, 1.82) is 0 Å². The number of fused-ring (bicyclic) bond motifs is 2. The maximum atomic E-state index is 12.3. The second-order valence-electron chi connectivity index (χ2n) is 6.03. The van der Waals surface area contributed by atoms with Crippen LogP contribution in [0.15, 0.2) is 17.5 Å². The van der Waals surface area contributed by atoms with Gasteiger partial charge in [0, 0.05) is 43.3 Å². The monoisotopic (exact) mass is 293 g/mol. The molecule has 1 unspecified atom stereocenters. The summed E-state index contributed by atoms with van der Waals surface area (Å²) in [6.07, 6.45) is 5.54. The lowest BCUT2D eigenvalue weighted by Gasteiger charge is -2.37. The maximum Gasteiger partial charge on any atom is 0.222 e. The molecule has 1 aliphatic heterocycles. The molecule has 1 aromatic rings. The Morgan fingerprint density at radius 2 is 2.15 bits per heavy atom. The van der Waals surface area contributed by atoms with Crippen molar-refractivity contribution in [2.75, 3.05) is 20.2 Å². The van der Waals surface area contributed by atoms with Crippen LogP contribution in [0.5, 0.6) is 0 Å². The molecule has 110 valence electrons. The van der Waals surface area contributed by atoms with Crippen LogP contribution in [0, 0.1) is 11.8 Å². The number of piperidine rings is 1. The van der Waals surface area contributed by atoms with Crippen molar-refractivity contribution < 1.29 is 9.53 Å². The first-order valence-electron chi connectivity index (χ1n) is 7.61. The topological polar surface area (TPSA) is 29.5 Å². The summed E-state index contributed by atoms with van der Waals surface area (Å²) >= 11 is 1.78. The molecule has 0 radical (unpaired) electrons. The second kappa shape index (κ2) is 6.27. The highest BCUT2D eigenvalue weighted by Crippen LogP contribution is 2.38. The fraction of sp³-hybridized carbons (Fsp3) is 0.688. The van der Waals surface area contributed by atoms with Gasteiger partial charge in [0.25, 0.3) is 0 Å². The molecule has 0 aromatic carbocycles. The smallest absolute Gasteiger partial charge is 0.222 e. The number of hydrogen-bond acceptors (Lipinski definition) is 3. The van der Waals surface area contributed by atoms with Crippen molar-refractivity contribution in [3.05, 3.63) is 22.4 Å². The predicted octanol–water partition coefficient (Wildman–Crippen LogP) is 2.95. The Hall–Kier alpha value is -0.870. The number of methoxy groups -OCH3 is 1. The molecule has 1 aliphatic carbocycles. The summed E-state index contributed by atoms with van der Waals surface area (Å²) in [5.74, 6) is 1.48. The molecule has 3 rings (SSSR count). The molecule has 2 fully saturated rings. The molecule has 1 saturated heterocycles. The number of likely N-dealkylation sites (tertiary alicyclic amines) is 1. The summed E-state index contributed by atoms with van der Waals surface area (Å²) in [6.45, 7) is 1.82. The van der Waals surface area contributed by atoms with Crippen LogP contribution in [0.2, 0.25) is 0 Å². The number of rotatable bonds is 5. The van der Waals surface area contributed by atoms with Crippen molar-refractivity contribution in [2.45, 2.75) is 38.2 Å². The van der Waals surface area contributed by atoms with Crippen molar-refractivity contribution in [2.24, 2.45) is 11.8 Å². The van der Waals surface area contributed by atoms with E-state index in [9.17, 15) is 4.79 Å². The first kappa shape index (κ1) is 14.1. The van der Waals surface area contributed by atoms with Gasteiger partial charge in [0.15, 0.2) is 0 Å². The van der Waals surface area contributed by atoms with Crippen LogP contribution in [0.4, 0.5) is 0 Å². The molecule has 1 saturated carbocycles. The first-order valence-corrected chi connectivity index (χ1v) is 8.49. The summed E-state index contributed by atoms with van der Waals surface area (Å²) in [7, 11) is 1.81. The third-order valence-electron chi connectivity index (χ3n) is 4.77. The highest BCUT2D eigenvalue weighted by atomic mass is 32.1. The largest absolute Gasteiger partial charge is 0.381 e. The molecule has 1 aromatic heterocycles. The zero-order valence-corrected chi connectivity index (χ0v) is 12.9. The summed E-state index contributed by atoms with van der Waals surface area (Å²) in [5.41, 5.74) is 0. The van der Waals surface area contributed by atoms with E-state index in [-0.39, 0.29) is 0 Å². The minimum absolute atomic E-state index is 0.341. The van der Waals surface area contributed by atoms with Gasteiger partial charge in [0.2, 0.25) is 5.91 Å². The summed E-state index contributed by atoms with van der Waals surface area (Å²) in [5, 5.41) is 2.10. The highest BCUT2D eigenvalue weighted by Gasteiger charge is 2.43. The molecule has 0 spiro atoms. The van der Waals surface area contributed by atoms with Gasteiger partial charge in [-0.05, 0) is 37.1 Å². The summed E-state index contributed by atoms with van der Waals surface area (Å²) in [6, 6.07) is 4.23. The van der Waals surface area contributed by atoms with Gasteiger partial charge in [0.05, 0.1) is 6.10 Å². The Kier molecular flexibility index (Phi) is 4.41. The van der Waals surface area contributed by atoms with Crippen molar-refractivity contribution in [3.63, 3.8) is 0 Å². The quantitative estimate of drug-likeness (QED) is 0.835. The maximum absolute atomic E-state index is 12.3. The number of carbonyl (C=O) groups excluding carboxylic acids is 1. The van der Waals surface area contributed by atoms with Crippen molar-refractivity contribution >= 4 is 17.2 Å². The number of carbonyl (C=O) groups is 1. The lowest BCUT2D eigenvalue weighted by Crippen LogP contribution is -2.48. The molecule has 0 N–H and O–H groups in total.